The van der Waals surface area contributed by atoms with E-state index >= 15 is 0 Å². The quantitative estimate of drug-likeness (QED) is 0.847. The number of benzene rings is 1. The number of amides is 1. The Kier molecular flexibility index (Phi) is 5.35. The van der Waals surface area contributed by atoms with Gasteiger partial charge in [-0.3, -0.25) is 4.79 Å². The number of ether oxygens (including phenoxy) is 1. The first-order valence-corrected chi connectivity index (χ1v) is 9.33. The predicted octanol–water partition coefficient (Wildman–Crippen LogP) is 3.73. The van der Waals surface area contributed by atoms with Crippen LogP contribution in [0.5, 0.6) is 5.75 Å². The second kappa shape index (κ2) is 7.52. The summed E-state index contributed by atoms with van der Waals surface area (Å²) < 4.78 is 11.0. The van der Waals surface area contributed by atoms with Gasteiger partial charge >= 0.3 is 5.63 Å². The van der Waals surface area contributed by atoms with Crippen molar-refractivity contribution in [3.63, 3.8) is 0 Å². The largest absolute Gasteiger partial charge is 0.483 e. The summed E-state index contributed by atoms with van der Waals surface area (Å²) in [6.45, 7) is 8.11. The van der Waals surface area contributed by atoms with Crippen LogP contribution in [0.4, 0.5) is 0 Å². The Morgan fingerprint density at radius 2 is 2.04 bits per heavy atom. The number of hydrogen-bond donors (Lipinski definition) is 1. The lowest BCUT2D eigenvalue weighted by atomic mass is 9.78. The number of hydrogen-bond acceptors (Lipinski definition) is 4. The van der Waals surface area contributed by atoms with E-state index in [0.29, 0.717) is 23.2 Å². The topological polar surface area (TPSA) is 68.5 Å². The average molecular weight is 357 g/mol. The van der Waals surface area contributed by atoms with Crippen molar-refractivity contribution >= 4 is 16.9 Å². The van der Waals surface area contributed by atoms with Crippen molar-refractivity contribution in [2.75, 3.05) is 6.61 Å². The predicted molar refractivity (Wildman–Crippen MR) is 102 cm³/mol. The standard InChI is InChI=1S/C21H27NO4/c1-12-6-5-7-17(14(12)3)22-19(23)11-25-18-9-8-16-13(2)10-20(24)26-21(16)15(18)4/h8-10,12,14,17H,5-7,11H2,1-4H3,(H,22,23)/t12-,14+,17-/m1/s1. The molecule has 5 nitrogen and oxygen atoms in total. The van der Waals surface area contributed by atoms with Gasteiger partial charge in [-0.15, -0.1) is 0 Å². The Labute approximate surface area is 153 Å². The third-order valence-electron chi connectivity index (χ3n) is 5.73. The van der Waals surface area contributed by atoms with E-state index in [0.717, 1.165) is 29.4 Å². The molecule has 1 aliphatic carbocycles. The summed E-state index contributed by atoms with van der Waals surface area (Å²) in [5.41, 5.74) is 1.73. The Hall–Kier alpha value is -2.30. The normalized spacial score (nSPS) is 23.0. The molecule has 1 fully saturated rings. The van der Waals surface area contributed by atoms with Gasteiger partial charge in [0.1, 0.15) is 11.3 Å². The summed E-state index contributed by atoms with van der Waals surface area (Å²) in [5.74, 6) is 1.56. The maximum atomic E-state index is 12.3. The summed E-state index contributed by atoms with van der Waals surface area (Å²) in [5, 5.41) is 3.99. The molecule has 1 N–H and O–H groups in total. The number of nitrogens with one attached hydrogen (secondary N) is 1. The molecule has 1 amide bonds. The van der Waals surface area contributed by atoms with Crippen LogP contribution < -0.4 is 15.7 Å². The molecule has 3 rings (SSSR count). The van der Waals surface area contributed by atoms with Gasteiger partial charge in [-0.1, -0.05) is 26.7 Å². The molecule has 3 atom stereocenters. The fourth-order valence-corrected chi connectivity index (χ4v) is 3.83. The summed E-state index contributed by atoms with van der Waals surface area (Å²) in [4.78, 5) is 24.0. The number of carbonyl (C=O) groups is 1. The van der Waals surface area contributed by atoms with Gasteiger partial charge in [-0.05, 0) is 49.8 Å². The van der Waals surface area contributed by atoms with Gasteiger partial charge in [0.15, 0.2) is 6.61 Å². The zero-order valence-corrected chi connectivity index (χ0v) is 15.9. The molecule has 1 heterocycles. The zero-order valence-electron chi connectivity index (χ0n) is 15.9. The lowest BCUT2D eigenvalue weighted by Crippen LogP contribution is -2.45. The molecule has 140 valence electrons. The molecule has 5 heteroatoms. The lowest BCUT2D eigenvalue weighted by molar-refractivity contribution is -0.124. The fourth-order valence-electron chi connectivity index (χ4n) is 3.83. The van der Waals surface area contributed by atoms with Crippen LogP contribution in [0.15, 0.2) is 27.4 Å². The molecule has 1 aromatic carbocycles. The van der Waals surface area contributed by atoms with Crippen molar-refractivity contribution in [3.8, 4) is 5.75 Å². The third-order valence-corrected chi connectivity index (χ3v) is 5.73. The van der Waals surface area contributed by atoms with E-state index in [-0.39, 0.29) is 24.2 Å². The van der Waals surface area contributed by atoms with Crippen LogP contribution in [-0.2, 0) is 4.79 Å². The molecule has 0 spiro atoms. The van der Waals surface area contributed by atoms with Gasteiger partial charge in [-0.2, -0.15) is 0 Å². The fraction of sp³-hybridized carbons (Fsp3) is 0.524. The van der Waals surface area contributed by atoms with E-state index in [9.17, 15) is 9.59 Å². The summed E-state index contributed by atoms with van der Waals surface area (Å²) in [6, 6.07) is 5.37. The van der Waals surface area contributed by atoms with Gasteiger partial charge in [0.2, 0.25) is 0 Å². The number of rotatable bonds is 4. The highest BCUT2D eigenvalue weighted by Crippen LogP contribution is 2.30. The van der Waals surface area contributed by atoms with Crippen LogP contribution >= 0.6 is 0 Å². The number of fused-ring (bicyclic) bond motifs is 1. The van der Waals surface area contributed by atoms with Crippen molar-refractivity contribution in [1.29, 1.82) is 0 Å². The van der Waals surface area contributed by atoms with E-state index in [1.807, 2.05) is 26.0 Å². The van der Waals surface area contributed by atoms with E-state index < -0.39 is 0 Å². The monoisotopic (exact) mass is 357 g/mol. The van der Waals surface area contributed by atoms with Crippen LogP contribution in [0.25, 0.3) is 11.0 Å². The SMILES string of the molecule is Cc1cc(=O)oc2c(C)c(OCC(=O)N[C@@H]3CCC[C@@H](C)[C@@H]3C)ccc12. The smallest absolute Gasteiger partial charge is 0.336 e. The summed E-state index contributed by atoms with van der Waals surface area (Å²) in [6.07, 6.45) is 3.40. The minimum atomic E-state index is -0.381. The first kappa shape index (κ1) is 18.5. The second-order valence-electron chi connectivity index (χ2n) is 7.54. The van der Waals surface area contributed by atoms with Crippen molar-refractivity contribution in [2.24, 2.45) is 11.8 Å². The van der Waals surface area contributed by atoms with Crippen molar-refractivity contribution < 1.29 is 13.9 Å². The van der Waals surface area contributed by atoms with Gasteiger partial charge in [0.05, 0.1) is 0 Å². The molecule has 1 aromatic heterocycles. The van der Waals surface area contributed by atoms with Gasteiger partial charge in [-0.25, -0.2) is 4.79 Å². The highest BCUT2D eigenvalue weighted by atomic mass is 16.5. The molecule has 0 saturated heterocycles. The minimum Gasteiger partial charge on any atom is -0.483 e. The van der Waals surface area contributed by atoms with Gasteiger partial charge in [0.25, 0.3) is 5.91 Å². The van der Waals surface area contributed by atoms with Gasteiger partial charge in [0, 0.05) is 23.1 Å². The molecule has 0 unspecified atom stereocenters. The molecule has 26 heavy (non-hydrogen) atoms. The molecule has 1 saturated carbocycles. The molecule has 0 aliphatic heterocycles. The maximum absolute atomic E-state index is 12.3. The first-order chi connectivity index (χ1) is 12.4. The van der Waals surface area contributed by atoms with Crippen molar-refractivity contribution in [3.05, 3.63) is 39.7 Å². The third kappa shape index (κ3) is 3.76. The van der Waals surface area contributed by atoms with Crippen molar-refractivity contribution in [2.45, 2.75) is 53.0 Å². The van der Waals surface area contributed by atoms with Crippen LogP contribution in [-0.4, -0.2) is 18.6 Å². The molecular weight excluding hydrogens is 330 g/mol. The van der Waals surface area contributed by atoms with E-state index in [1.165, 1.54) is 12.5 Å². The van der Waals surface area contributed by atoms with Crippen LogP contribution in [0, 0.1) is 25.7 Å². The lowest BCUT2D eigenvalue weighted by Gasteiger charge is -2.34. The van der Waals surface area contributed by atoms with E-state index in [1.54, 1.807) is 0 Å². The van der Waals surface area contributed by atoms with E-state index in [4.69, 9.17) is 9.15 Å². The highest BCUT2D eigenvalue weighted by molar-refractivity contribution is 5.85. The Balaban J connectivity index is 1.69. The zero-order chi connectivity index (χ0) is 18.8. The number of carbonyl (C=O) groups excluding carboxylic acids is 1. The van der Waals surface area contributed by atoms with Crippen molar-refractivity contribution in [1.82, 2.24) is 5.32 Å². The van der Waals surface area contributed by atoms with Gasteiger partial charge < -0.3 is 14.5 Å². The summed E-state index contributed by atoms with van der Waals surface area (Å²) in [7, 11) is 0. The highest BCUT2D eigenvalue weighted by Gasteiger charge is 2.28. The summed E-state index contributed by atoms with van der Waals surface area (Å²) >= 11 is 0. The maximum Gasteiger partial charge on any atom is 0.336 e. The average Bonchev–Trinajstić information content (AvgIpc) is 2.59. The molecule has 0 bridgehead atoms. The number of aryl methyl sites for hydroxylation is 2. The molecular formula is C21H27NO4. The Bertz CT molecular complexity index is 870. The van der Waals surface area contributed by atoms with E-state index in [2.05, 4.69) is 19.2 Å². The van der Waals surface area contributed by atoms with Crippen LogP contribution in [0.2, 0.25) is 0 Å². The second-order valence-corrected chi connectivity index (χ2v) is 7.54. The first-order valence-electron chi connectivity index (χ1n) is 9.33. The molecule has 0 radical (unpaired) electrons. The Morgan fingerprint density at radius 3 is 2.81 bits per heavy atom. The Morgan fingerprint density at radius 1 is 1.27 bits per heavy atom. The molecule has 1 aliphatic rings. The van der Waals surface area contributed by atoms with Crippen LogP contribution in [0.3, 0.4) is 0 Å². The molecule has 2 aromatic rings. The van der Waals surface area contributed by atoms with Crippen LogP contribution in [0.1, 0.15) is 44.2 Å². The minimum absolute atomic E-state index is 0.0417.